The Bertz CT molecular complexity index is 1580. The minimum absolute atomic E-state index is 0.0799. The highest BCUT2D eigenvalue weighted by Crippen LogP contribution is 2.36. The van der Waals surface area contributed by atoms with E-state index < -0.39 is 0 Å². The second-order valence-electron chi connectivity index (χ2n) is 9.70. The van der Waals surface area contributed by atoms with Gasteiger partial charge >= 0.3 is 0 Å². The van der Waals surface area contributed by atoms with Gasteiger partial charge in [-0.2, -0.15) is 0 Å². The number of carbonyl (C=O) groups is 1. The van der Waals surface area contributed by atoms with Crippen LogP contribution in [-0.4, -0.2) is 38.8 Å². The number of aromatic nitrogens is 3. The molecule has 1 aliphatic rings. The topological polar surface area (TPSA) is 59.0 Å². The van der Waals surface area contributed by atoms with Crippen molar-refractivity contribution < 1.29 is 4.79 Å². The second kappa shape index (κ2) is 9.94. The fourth-order valence-electron chi connectivity index (χ4n) is 5.32. The highest BCUT2D eigenvalue weighted by atomic mass is 16.2. The maximum atomic E-state index is 13.6. The number of aryl methyl sites for hydroxylation is 1. The molecule has 5 nitrogen and oxygen atoms in total. The van der Waals surface area contributed by atoms with Gasteiger partial charge in [0.15, 0.2) is 5.82 Å². The molecule has 0 aliphatic carbocycles. The Morgan fingerprint density at radius 2 is 1.68 bits per heavy atom. The zero-order valence-electron chi connectivity index (χ0n) is 20.8. The van der Waals surface area contributed by atoms with Crippen LogP contribution in [0.3, 0.4) is 0 Å². The fourth-order valence-corrected chi connectivity index (χ4v) is 5.32. The average molecular weight is 485 g/mol. The molecule has 5 heteroatoms. The first-order chi connectivity index (χ1) is 18.2. The molecule has 1 unspecified atom stereocenters. The summed E-state index contributed by atoms with van der Waals surface area (Å²) >= 11 is 0. The van der Waals surface area contributed by atoms with E-state index >= 15 is 0 Å². The normalized spacial score (nSPS) is 15.6. The first kappa shape index (κ1) is 23.0. The van der Waals surface area contributed by atoms with Crippen LogP contribution in [-0.2, 0) is 0 Å². The summed E-state index contributed by atoms with van der Waals surface area (Å²) in [5.41, 5.74) is 6.04. The van der Waals surface area contributed by atoms with E-state index in [9.17, 15) is 4.79 Å². The summed E-state index contributed by atoms with van der Waals surface area (Å²) in [6.07, 6.45) is 7.39. The van der Waals surface area contributed by atoms with Crippen LogP contribution in [0.2, 0.25) is 0 Å². The molecule has 3 heterocycles. The number of fused-ring (bicyclic) bond motifs is 1. The Balaban J connectivity index is 1.37. The summed E-state index contributed by atoms with van der Waals surface area (Å²) in [5.74, 6) is 0.889. The molecule has 6 rings (SSSR count). The molecule has 1 aliphatic heterocycles. The van der Waals surface area contributed by atoms with Crippen molar-refractivity contribution in [2.24, 2.45) is 0 Å². The van der Waals surface area contributed by atoms with Gasteiger partial charge in [0.25, 0.3) is 5.91 Å². The average Bonchev–Trinajstić information content (AvgIpc) is 2.97. The molecule has 0 radical (unpaired) electrons. The largest absolute Gasteiger partial charge is 0.338 e. The lowest BCUT2D eigenvalue weighted by molar-refractivity contribution is 0.0706. The van der Waals surface area contributed by atoms with E-state index in [1.165, 1.54) is 5.56 Å². The summed E-state index contributed by atoms with van der Waals surface area (Å²) in [7, 11) is 0. The van der Waals surface area contributed by atoms with Crippen LogP contribution >= 0.6 is 0 Å². The number of carbonyl (C=O) groups excluding carboxylic acids is 1. The maximum Gasteiger partial charge on any atom is 0.253 e. The summed E-state index contributed by atoms with van der Waals surface area (Å²) in [6.45, 7) is 3.51. The molecule has 182 valence electrons. The molecule has 5 aromatic rings. The maximum absolute atomic E-state index is 13.6. The van der Waals surface area contributed by atoms with E-state index in [0.717, 1.165) is 58.1 Å². The molecule has 1 atom stereocenters. The number of nitrogens with zero attached hydrogens (tertiary/aromatic N) is 4. The number of likely N-dealkylation sites (tertiary alicyclic amines) is 1. The van der Waals surface area contributed by atoms with E-state index in [0.29, 0.717) is 12.4 Å². The van der Waals surface area contributed by atoms with Gasteiger partial charge in [-0.3, -0.25) is 9.78 Å². The number of piperidine rings is 1. The highest BCUT2D eigenvalue weighted by molar-refractivity contribution is 5.98. The van der Waals surface area contributed by atoms with Crippen molar-refractivity contribution in [1.82, 2.24) is 19.9 Å². The van der Waals surface area contributed by atoms with Crippen LogP contribution in [0, 0.1) is 6.92 Å². The van der Waals surface area contributed by atoms with Crippen molar-refractivity contribution in [1.29, 1.82) is 0 Å². The van der Waals surface area contributed by atoms with E-state index in [1.807, 2.05) is 53.6 Å². The number of benzene rings is 3. The van der Waals surface area contributed by atoms with Gasteiger partial charge in [0.05, 0.1) is 5.69 Å². The second-order valence-corrected chi connectivity index (χ2v) is 9.70. The first-order valence-corrected chi connectivity index (χ1v) is 12.8. The Labute approximate surface area is 216 Å². The lowest BCUT2D eigenvalue weighted by Crippen LogP contribution is -2.39. The summed E-state index contributed by atoms with van der Waals surface area (Å²) in [5, 5.41) is 2.23. The van der Waals surface area contributed by atoms with Crippen molar-refractivity contribution in [3.05, 3.63) is 114 Å². The lowest BCUT2D eigenvalue weighted by atomic mass is 9.88. The van der Waals surface area contributed by atoms with Gasteiger partial charge in [-0.1, -0.05) is 54.6 Å². The van der Waals surface area contributed by atoms with E-state index in [1.54, 1.807) is 12.4 Å². The summed E-state index contributed by atoms with van der Waals surface area (Å²) in [4.78, 5) is 29.6. The van der Waals surface area contributed by atoms with Crippen LogP contribution in [0.5, 0.6) is 0 Å². The number of pyridine rings is 1. The van der Waals surface area contributed by atoms with Gasteiger partial charge in [-0.25, -0.2) is 9.97 Å². The molecular formula is C32H28N4O. The van der Waals surface area contributed by atoms with Crippen LogP contribution < -0.4 is 0 Å². The van der Waals surface area contributed by atoms with E-state index in [-0.39, 0.29) is 11.8 Å². The molecule has 37 heavy (non-hydrogen) atoms. The zero-order valence-corrected chi connectivity index (χ0v) is 20.8. The molecule has 1 saturated heterocycles. The van der Waals surface area contributed by atoms with Crippen LogP contribution in [0.25, 0.3) is 33.3 Å². The Hall–Kier alpha value is -4.38. The molecule has 3 aromatic carbocycles. The van der Waals surface area contributed by atoms with Crippen molar-refractivity contribution in [3.63, 3.8) is 0 Å². The Morgan fingerprint density at radius 1 is 0.892 bits per heavy atom. The molecule has 1 amide bonds. The summed E-state index contributed by atoms with van der Waals surface area (Å²) < 4.78 is 0. The zero-order chi connectivity index (χ0) is 25.2. The fraction of sp³-hybridized carbons (Fsp3) is 0.188. The number of hydrogen-bond acceptors (Lipinski definition) is 4. The number of rotatable bonds is 4. The molecule has 0 saturated carbocycles. The third-order valence-electron chi connectivity index (χ3n) is 7.28. The number of amides is 1. The minimum atomic E-state index is 0.0799. The quantitative estimate of drug-likeness (QED) is 0.285. The van der Waals surface area contributed by atoms with Crippen molar-refractivity contribution in [3.8, 4) is 22.5 Å². The Morgan fingerprint density at radius 3 is 2.51 bits per heavy atom. The van der Waals surface area contributed by atoms with Crippen molar-refractivity contribution in [2.75, 3.05) is 13.1 Å². The predicted molar refractivity (Wildman–Crippen MR) is 147 cm³/mol. The predicted octanol–water partition coefficient (Wildman–Crippen LogP) is 6.69. The van der Waals surface area contributed by atoms with Crippen molar-refractivity contribution in [2.45, 2.75) is 25.7 Å². The monoisotopic (exact) mass is 484 g/mol. The molecule has 2 aromatic heterocycles. The van der Waals surface area contributed by atoms with Gasteiger partial charge in [-0.15, -0.1) is 0 Å². The van der Waals surface area contributed by atoms with Crippen molar-refractivity contribution >= 4 is 16.7 Å². The highest BCUT2D eigenvalue weighted by Gasteiger charge is 2.29. The van der Waals surface area contributed by atoms with Crippen LogP contribution in [0.15, 0.2) is 97.5 Å². The van der Waals surface area contributed by atoms with Gasteiger partial charge in [0, 0.05) is 54.3 Å². The molecule has 1 fully saturated rings. The van der Waals surface area contributed by atoms with Gasteiger partial charge in [-0.05, 0) is 65.9 Å². The number of hydrogen-bond donors (Lipinski definition) is 0. The van der Waals surface area contributed by atoms with E-state index in [4.69, 9.17) is 9.97 Å². The molecule has 0 spiro atoms. The first-order valence-electron chi connectivity index (χ1n) is 12.8. The third kappa shape index (κ3) is 4.60. The lowest BCUT2D eigenvalue weighted by Gasteiger charge is -2.33. The molecule has 0 N–H and O–H groups in total. The Kier molecular flexibility index (Phi) is 6.19. The van der Waals surface area contributed by atoms with Crippen LogP contribution in [0.4, 0.5) is 0 Å². The summed E-state index contributed by atoms with van der Waals surface area (Å²) in [6, 6.07) is 26.4. The standard InChI is InChI=1S/C32H28N4O/c1-22-7-2-5-11-28(22)29-20-34-31(24-14-16-33-17-15-24)35-30(29)27-10-6-18-36(21-27)32(37)26-13-12-23-8-3-4-9-25(23)19-26/h2-5,7-9,11-17,19-20,27H,6,10,18,21H2,1H3. The third-order valence-corrected chi connectivity index (χ3v) is 7.28. The van der Waals surface area contributed by atoms with E-state index in [2.05, 4.69) is 48.3 Å². The SMILES string of the molecule is Cc1ccccc1-c1cnc(-c2ccncc2)nc1C1CCCN(C(=O)c2ccc3ccccc3c2)C1. The minimum Gasteiger partial charge on any atom is -0.338 e. The van der Waals surface area contributed by atoms with Gasteiger partial charge in [0.1, 0.15) is 0 Å². The van der Waals surface area contributed by atoms with Gasteiger partial charge in [0.2, 0.25) is 0 Å². The van der Waals surface area contributed by atoms with Crippen LogP contribution in [0.1, 0.15) is 40.4 Å². The molecule has 0 bridgehead atoms. The smallest absolute Gasteiger partial charge is 0.253 e. The van der Waals surface area contributed by atoms with Gasteiger partial charge < -0.3 is 4.90 Å². The molecular weight excluding hydrogens is 456 g/mol.